The molecule has 1 amide bonds. The average Bonchev–Trinajstić information content (AvgIpc) is 2.89. The Balaban J connectivity index is 2.05. The molecule has 1 aliphatic rings. The van der Waals surface area contributed by atoms with Gasteiger partial charge >= 0.3 is 0 Å². The fourth-order valence-corrected chi connectivity index (χ4v) is 3.38. The quantitative estimate of drug-likeness (QED) is 0.578. The summed E-state index contributed by atoms with van der Waals surface area (Å²) in [5.41, 5.74) is 12.2. The molecule has 0 heterocycles. The van der Waals surface area contributed by atoms with E-state index in [0.717, 1.165) is 33.4 Å². The summed E-state index contributed by atoms with van der Waals surface area (Å²) < 4.78 is 4.74. The van der Waals surface area contributed by atoms with Crippen molar-refractivity contribution in [1.82, 2.24) is 0 Å². The van der Waals surface area contributed by atoms with E-state index in [0.29, 0.717) is 36.5 Å². The van der Waals surface area contributed by atoms with Crippen molar-refractivity contribution in [2.45, 2.75) is 19.8 Å². The molecular formula is C18H16ClNO3. The van der Waals surface area contributed by atoms with Gasteiger partial charge in [-0.05, 0) is 52.8 Å². The molecule has 2 N–H and O–H groups in total. The van der Waals surface area contributed by atoms with Gasteiger partial charge in [-0.3, -0.25) is 9.59 Å². The number of primary amides is 1. The maximum Gasteiger partial charge on any atom is 0.293 e. The van der Waals surface area contributed by atoms with Gasteiger partial charge < -0.3 is 10.5 Å². The Morgan fingerprint density at radius 2 is 2.17 bits per heavy atom. The van der Waals surface area contributed by atoms with Gasteiger partial charge in [-0.15, -0.1) is 0 Å². The molecular weight excluding hydrogens is 314 g/mol. The Kier molecular flexibility index (Phi) is 4.09. The lowest BCUT2D eigenvalue weighted by atomic mass is 9.96. The molecule has 0 saturated carbocycles. The number of carbonyl (C=O) groups is 2. The summed E-state index contributed by atoms with van der Waals surface area (Å²) in [5.74, 6) is -0.462. The molecule has 118 valence electrons. The third-order valence-corrected chi connectivity index (χ3v) is 4.67. The monoisotopic (exact) mass is 329 g/mol. The first-order valence-corrected chi connectivity index (χ1v) is 7.70. The fraction of sp³-hybridized carbons (Fsp3) is 0.222. The molecule has 0 aromatic heterocycles. The molecule has 0 spiro atoms. The van der Waals surface area contributed by atoms with Crippen molar-refractivity contribution < 1.29 is 14.3 Å². The zero-order valence-electron chi connectivity index (χ0n) is 12.7. The molecule has 0 aliphatic heterocycles. The number of carbonyl (C=O) groups excluding carboxylic acids is 2. The summed E-state index contributed by atoms with van der Waals surface area (Å²) in [6.45, 7) is 2.76. The van der Waals surface area contributed by atoms with E-state index in [-0.39, 0.29) is 0 Å². The van der Waals surface area contributed by atoms with Crippen molar-refractivity contribution in [2.75, 3.05) is 6.61 Å². The first-order valence-electron chi connectivity index (χ1n) is 7.32. The van der Waals surface area contributed by atoms with Crippen LogP contribution in [0.25, 0.3) is 11.1 Å². The van der Waals surface area contributed by atoms with E-state index >= 15 is 0 Å². The van der Waals surface area contributed by atoms with Crippen molar-refractivity contribution in [3.63, 3.8) is 0 Å². The lowest BCUT2D eigenvalue weighted by Crippen LogP contribution is -2.14. The molecule has 0 unspecified atom stereocenters. The van der Waals surface area contributed by atoms with Crippen LogP contribution in [0.2, 0.25) is 5.02 Å². The van der Waals surface area contributed by atoms with Gasteiger partial charge in [0.25, 0.3) is 6.47 Å². The summed E-state index contributed by atoms with van der Waals surface area (Å²) in [4.78, 5) is 22.0. The van der Waals surface area contributed by atoms with Crippen molar-refractivity contribution in [1.29, 1.82) is 0 Å². The van der Waals surface area contributed by atoms with Crippen LogP contribution in [0.4, 0.5) is 0 Å². The van der Waals surface area contributed by atoms with Crippen molar-refractivity contribution in [3.8, 4) is 11.1 Å². The van der Waals surface area contributed by atoms with Crippen molar-refractivity contribution in [2.24, 2.45) is 5.73 Å². The SMILES string of the molecule is Cc1c(Cl)cc(C(N)=O)c2c1-c1ccc(CCOC=O)cc1C2. The largest absolute Gasteiger partial charge is 0.468 e. The standard InChI is InChI=1S/C18H16ClNO3/c1-10-16(19)8-15(18(20)22)14-7-12-6-11(4-5-23-9-21)2-3-13(12)17(10)14/h2-3,6,8-9H,4-5,7H2,1H3,(H2,20,22). The van der Waals surface area contributed by atoms with Gasteiger partial charge in [0.2, 0.25) is 5.91 Å². The summed E-state index contributed by atoms with van der Waals surface area (Å²) in [7, 11) is 0. The normalized spacial score (nSPS) is 11.7. The number of fused-ring (bicyclic) bond motifs is 3. The highest BCUT2D eigenvalue weighted by Crippen LogP contribution is 2.43. The molecule has 0 bridgehead atoms. The summed E-state index contributed by atoms with van der Waals surface area (Å²) in [5, 5.41) is 0.550. The molecule has 2 aromatic carbocycles. The second-order valence-corrected chi connectivity index (χ2v) is 6.04. The summed E-state index contributed by atoms with van der Waals surface area (Å²) in [6.07, 6.45) is 1.31. The number of nitrogens with two attached hydrogens (primary N) is 1. The number of hydrogen-bond acceptors (Lipinski definition) is 3. The molecule has 0 saturated heterocycles. The van der Waals surface area contributed by atoms with Gasteiger partial charge in [0.1, 0.15) is 0 Å². The van der Waals surface area contributed by atoms with Crippen molar-refractivity contribution >= 4 is 24.0 Å². The Morgan fingerprint density at radius 3 is 2.87 bits per heavy atom. The smallest absolute Gasteiger partial charge is 0.293 e. The Hall–Kier alpha value is -2.33. The molecule has 0 radical (unpaired) electrons. The van der Waals surface area contributed by atoms with Gasteiger partial charge in [0, 0.05) is 17.0 Å². The first kappa shape index (κ1) is 15.6. The third-order valence-electron chi connectivity index (χ3n) is 4.28. The third kappa shape index (κ3) is 2.70. The summed E-state index contributed by atoms with van der Waals surface area (Å²) in [6, 6.07) is 7.78. The molecule has 2 aromatic rings. The van der Waals surface area contributed by atoms with Gasteiger partial charge in [-0.2, -0.15) is 0 Å². The number of hydrogen-bond donors (Lipinski definition) is 1. The number of benzene rings is 2. The maximum atomic E-state index is 11.7. The van der Waals surface area contributed by atoms with Crippen molar-refractivity contribution in [3.05, 3.63) is 57.1 Å². The highest BCUT2D eigenvalue weighted by molar-refractivity contribution is 6.32. The Morgan fingerprint density at radius 1 is 1.39 bits per heavy atom. The molecule has 1 aliphatic carbocycles. The second kappa shape index (κ2) is 6.05. The van der Waals surface area contributed by atoms with Gasteiger partial charge in [-0.25, -0.2) is 0 Å². The van der Waals surface area contributed by atoms with E-state index in [1.54, 1.807) is 6.07 Å². The Bertz CT molecular complexity index is 814. The molecule has 0 atom stereocenters. The predicted molar refractivity (Wildman–Crippen MR) is 88.7 cm³/mol. The van der Waals surface area contributed by atoms with Crippen LogP contribution in [-0.4, -0.2) is 19.0 Å². The number of rotatable bonds is 5. The van der Waals surface area contributed by atoms with Crippen LogP contribution in [-0.2, 0) is 22.4 Å². The highest BCUT2D eigenvalue weighted by Gasteiger charge is 2.26. The van der Waals surface area contributed by atoms with Crippen LogP contribution in [0, 0.1) is 6.92 Å². The van der Waals surface area contributed by atoms with Crippen LogP contribution in [0.15, 0.2) is 24.3 Å². The highest BCUT2D eigenvalue weighted by atomic mass is 35.5. The zero-order valence-corrected chi connectivity index (χ0v) is 13.4. The molecule has 5 heteroatoms. The van der Waals surface area contributed by atoms with E-state index in [9.17, 15) is 9.59 Å². The Labute approximate surface area is 139 Å². The molecule has 3 rings (SSSR count). The predicted octanol–water partition coefficient (Wildman–Crippen LogP) is 3.03. The lowest BCUT2D eigenvalue weighted by Gasteiger charge is -2.11. The van der Waals surface area contributed by atoms with Crippen LogP contribution in [0.5, 0.6) is 0 Å². The minimum Gasteiger partial charge on any atom is -0.468 e. The van der Waals surface area contributed by atoms with Gasteiger partial charge in [-0.1, -0.05) is 29.8 Å². The van der Waals surface area contributed by atoms with Crippen LogP contribution >= 0.6 is 11.6 Å². The van der Waals surface area contributed by atoms with E-state index in [1.807, 2.05) is 19.1 Å². The second-order valence-electron chi connectivity index (χ2n) is 5.63. The zero-order chi connectivity index (χ0) is 16.6. The minimum absolute atomic E-state index is 0.354. The van der Waals surface area contributed by atoms with E-state index in [1.165, 1.54) is 0 Å². The van der Waals surface area contributed by atoms with E-state index in [4.69, 9.17) is 22.1 Å². The van der Waals surface area contributed by atoms with E-state index in [2.05, 4.69) is 6.07 Å². The van der Waals surface area contributed by atoms with Gasteiger partial charge in [0.15, 0.2) is 0 Å². The fourth-order valence-electron chi connectivity index (χ4n) is 3.18. The van der Waals surface area contributed by atoms with E-state index < -0.39 is 5.91 Å². The summed E-state index contributed by atoms with van der Waals surface area (Å²) >= 11 is 6.27. The number of ether oxygens (including phenoxy) is 1. The lowest BCUT2D eigenvalue weighted by molar-refractivity contribution is -0.128. The van der Waals surface area contributed by atoms with Crippen LogP contribution < -0.4 is 5.73 Å². The molecule has 23 heavy (non-hydrogen) atoms. The number of amides is 1. The van der Waals surface area contributed by atoms with Gasteiger partial charge in [0.05, 0.1) is 6.61 Å². The molecule has 4 nitrogen and oxygen atoms in total. The minimum atomic E-state index is -0.462. The van der Waals surface area contributed by atoms with Crippen LogP contribution in [0.1, 0.15) is 32.6 Å². The van der Waals surface area contributed by atoms with Crippen LogP contribution in [0.3, 0.4) is 0 Å². The number of halogens is 1. The first-order chi connectivity index (χ1) is 11.0. The molecule has 0 fully saturated rings. The average molecular weight is 330 g/mol. The maximum absolute atomic E-state index is 11.7. The topological polar surface area (TPSA) is 69.4 Å².